The number of aryl methyl sites for hydroxylation is 2. The molecule has 0 spiro atoms. The Labute approximate surface area is 172 Å². The number of hydrogen-bond donors (Lipinski definition) is 0. The van der Waals surface area contributed by atoms with E-state index in [4.69, 9.17) is 9.15 Å². The van der Waals surface area contributed by atoms with Crippen LogP contribution in [0.2, 0.25) is 0 Å². The Bertz CT molecular complexity index is 1160. The van der Waals surface area contributed by atoms with E-state index in [-0.39, 0.29) is 5.58 Å². The van der Waals surface area contributed by atoms with Crippen LogP contribution in [0.1, 0.15) is 36.3 Å². The molecular weight excluding hydrogens is 421 g/mol. The van der Waals surface area contributed by atoms with E-state index in [0.717, 1.165) is 34.9 Å². The van der Waals surface area contributed by atoms with Crippen molar-refractivity contribution in [2.75, 3.05) is 7.11 Å². The molecule has 0 amide bonds. The first-order valence-corrected chi connectivity index (χ1v) is 10.7. The highest BCUT2D eigenvalue weighted by Gasteiger charge is 2.48. The molecular formula is C21H21F3O5S. The third-order valence-electron chi connectivity index (χ3n) is 4.82. The smallest absolute Gasteiger partial charge is 0.497 e. The Morgan fingerprint density at radius 1 is 0.967 bits per heavy atom. The molecule has 0 bridgehead atoms. The summed E-state index contributed by atoms with van der Waals surface area (Å²) in [6.07, 6.45) is 1.93. The number of alkyl halides is 3. The quantitative estimate of drug-likeness (QED) is 0.363. The van der Waals surface area contributed by atoms with E-state index in [1.54, 1.807) is 7.11 Å². The average Bonchev–Trinajstić information content (AvgIpc) is 3.03. The largest absolute Gasteiger partial charge is 0.534 e. The number of fused-ring (bicyclic) bond motifs is 1. The maximum absolute atomic E-state index is 12.6. The third kappa shape index (κ3) is 4.26. The Morgan fingerprint density at radius 3 is 2.27 bits per heavy atom. The lowest BCUT2D eigenvalue weighted by Crippen LogP contribution is -2.28. The van der Waals surface area contributed by atoms with Crippen molar-refractivity contribution in [1.29, 1.82) is 0 Å². The minimum atomic E-state index is -5.75. The minimum Gasteiger partial charge on any atom is -0.497 e. The number of hydrogen-bond acceptors (Lipinski definition) is 5. The van der Waals surface area contributed by atoms with Crippen LogP contribution in [0.4, 0.5) is 13.2 Å². The molecule has 1 heterocycles. The second-order valence-electron chi connectivity index (χ2n) is 6.66. The number of halogens is 3. The lowest BCUT2D eigenvalue weighted by atomic mass is 9.95. The fourth-order valence-electron chi connectivity index (χ4n) is 3.31. The van der Waals surface area contributed by atoms with Gasteiger partial charge in [-0.25, -0.2) is 0 Å². The average molecular weight is 442 g/mol. The molecule has 0 atom stereocenters. The Kier molecular flexibility index (Phi) is 6.03. The highest BCUT2D eigenvalue weighted by atomic mass is 32.2. The van der Waals surface area contributed by atoms with Gasteiger partial charge < -0.3 is 13.3 Å². The zero-order chi connectivity index (χ0) is 22.1. The lowest BCUT2D eigenvalue weighted by Gasteiger charge is -2.11. The summed E-state index contributed by atoms with van der Waals surface area (Å²) in [5.74, 6) is 0.983. The Hall–Kier alpha value is -2.68. The number of furan rings is 1. The molecule has 0 N–H and O–H groups in total. The highest BCUT2D eigenvalue weighted by molar-refractivity contribution is 7.88. The third-order valence-corrected chi connectivity index (χ3v) is 5.80. The van der Waals surface area contributed by atoms with Crippen LogP contribution < -0.4 is 8.92 Å². The number of rotatable bonds is 7. The minimum absolute atomic E-state index is 0.267. The fourth-order valence-corrected chi connectivity index (χ4v) is 3.76. The molecule has 2 aromatic carbocycles. The second kappa shape index (κ2) is 8.22. The molecule has 9 heteroatoms. The van der Waals surface area contributed by atoms with Crippen LogP contribution in [0.5, 0.6) is 11.5 Å². The van der Waals surface area contributed by atoms with Crippen molar-refractivity contribution < 1.29 is 34.9 Å². The van der Waals surface area contributed by atoms with Gasteiger partial charge in [-0.05, 0) is 41.8 Å². The Balaban J connectivity index is 2.01. The summed E-state index contributed by atoms with van der Waals surface area (Å²) in [5.41, 5.74) is -2.14. The summed E-state index contributed by atoms with van der Waals surface area (Å²) in [6, 6.07) is 9.69. The van der Waals surface area contributed by atoms with Crippen molar-refractivity contribution in [1.82, 2.24) is 0 Å². The molecule has 0 fully saturated rings. The molecule has 162 valence electrons. The van der Waals surface area contributed by atoms with E-state index in [2.05, 4.69) is 4.18 Å². The zero-order valence-corrected chi connectivity index (χ0v) is 17.5. The summed E-state index contributed by atoms with van der Waals surface area (Å²) in [5, 5.41) is 0.696. The van der Waals surface area contributed by atoms with Gasteiger partial charge in [0.05, 0.1) is 7.11 Å². The first-order chi connectivity index (χ1) is 14.1. The van der Waals surface area contributed by atoms with Crippen LogP contribution in [-0.4, -0.2) is 21.0 Å². The van der Waals surface area contributed by atoms with E-state index in [9.17, 15) is 21.6 Å². The van der Waals surface area contributed by atoms with Crippen molar-refractivity contribution >= 4 is 21.1 Å². The van der Waals surface area contributed by atoms with Gasteiger partial charge in [0, 0.05) is 29.9 Å². The summed E-state index contributed by atoms with van der Waals surface area (Å²) >= 11 is 0. The van der Waals surface area contributed by atoms with E-state index >= 15 is 0 Å². The van der Waals surface area contributed by atoms with Gasteiger partial charge in [-0.2, -0.15) is 21.6 Å². The lowest BCUT2D eigenvalue weighted by molar-refractivity contribution is -0.0500. The van der Waals surface area contributed by atoms with Crippen molar-refractivity contribution in [2.45, 2.75) is 38.6 Å². The summed E-state index contributed by atoms with van der Waals surface area (Å²) in [4.78, 5) is 0. The van der Waals surface area contributed by atoms with Crippen molar-refractivity contribution in [3.05, 3.63) is 58.8 Å². The zero-order valence-electron chi connectivity index (χ0n) is 16.7. The van der Waals surface area contributed by atoms with Crippen molar-refractivity contribution in [3.63, 3.8) is 0 Å². The number of methoxy groups -OCH3 is 1. The van der Waals surface area contributed by atoms with Gasteiger partial charge in [0.15, 0.2) is 0 Å². The monoisotopic (exact) mass is 442 g/mol. The molecule has 3 rings (SSSR count). The normalized spacial score (nSPS) is 12.3. The standard InChI is InChI=1S/C21H21F3O5S/c1-4-13-10-15(27-3)7-6-14(13)11-18-17-9-8-16(12-20(17)28-19(18)5-2)29-30(25,26)21(22,23)24/h6-10,12H,4-5,11H2,1-3H3. The maximum Gasteiger partial charge on any atom is 0.534 e. The van der Waals surface area contributed by atoms with Crippen LogP contribution in [-0.2, 0) is 29.4 Å². The molecule has 1 aromatic heterocycles. The molecule has 5 nitrogen and oxygen atoms in total. The van der Waals surface area contributed by atoms with Gasteiger partial charge in [0.1, 0.15) is 22.8 Å². The van der Waals surface area contributed by atoms with Crippen LogP contribution in [0.3, 0.4) is 0 Å². The van der Waals surface area contributed by atoms with Crippen LogP contribution >= 0.6 is 0 Å². The van der Waals surface area contributed by atoms with Gasteiger partial charge in [-0.1, -0.05) is 19.9 Å². The van der Waals surface area contributed by atoms with Crippen molar-refractivity contribution in [2.24, 2.45) is 0 Å². The van der Waals surface area contributed by atoms with Gasteiger partial charge in [0.2, 0.25) is 0 Å². The first kappa shape index (κ1) is 22.0. The molecule has 0 saturated carbocycles. The maximum atomic E-state index is 12.6. The van der Waals surface area contributed by atoms with E-state index in [0.29, 0.717) is 24.0 Å². The Morgan fingerprint density at radius 2 is 1.67 bits per heavy atom. The second-order valence-corrected chi connectivity index (χ2v) is 8.20. The van der Waals surface area contributed by atoms with E-state index in [1.807, 2.05) is 32.0 Å². The van der Waals surface area contributed by atoms with E-state index < -0.39 is 21.4 Å². The molecule has 0 aliphatic heterocycles. The SMILES string of the molecule is CCc1cc(OC)ccc1Cc1c(CC)oc2cc(OS(=O)(=O)C(F)(F)F)ccc12. The predicted molar refractivity (Wildman–Crippen MR) is 106 cm³/mol. The predicted octanol–water partition coefficient (Wildman–Crippen LogP) is 5.39. The molecule has 30 heavy (non-hydrogen) atoms. The molecule has 3 aromatic rings. The molecule has 0 aliphatic carbocycles. The van der Waals surface area contributed by atoms with Crippen LogP contribution in [0.25, 0.3) is 11.0 Å². The summed E-state index contributed by atoms with van der Waals surface area (Å²) in [7, 11) is -4.14. The summed E-state index contributed by atoms with van der Waals surface area (Å²) in [6.45, 7) is 3.94. The van der Waals surface area contributed by atoms with Crippen molar-refractivity contribution in [3.8, 4) is 11.5 Å². The van der Waals surface area contributed by atoms with Gasteiger partial charge >= 0.3 is 15.6 Å². The first-order valence-electron chi connectivity index (χ1n) is 9.30. The number of benzene rings is 2. The topological polar surface area (TPSA) is 65.7 Å². The highest BCUT2D eigenvalue weighted by Crippen LogP contribution is 2.34. The van der Waals surface area contributed by atoms with Gasteiger partial charge in [-0.15, -0.1) is 0 Å². The van der Waals surface area contributed by atoms with Gasteiger partial charge in [0.25, 0.3) is 0 Å². The molecule has 0 aliphatic rings. The van der Waals surface area contributed by atoms with E-state index in [1.165, 1.54) is 12.1 Å². The molecule has 0 unspecified atom stereocenters. The molecule has 0 radical (unpaired) electrons. The van der Waals surface area contributed by atoms with Crippen LogP contribution in [0.15, 0.2) is 40.8 Å². The van der Waals surface area contributed by atoms with Crippen LogP contribution in [0, 0.1) is 0 Å². The molecule has 0 saturated heterocycles. The fraction of sp³-hybridized carbons (Fsp3) is 0.333. The summed E-state index contributed by atoms with van der Waals surface area (Å²) < 4.78 is 75.5. The number of ether oxygens (including phenoxy) is 1. The van der Waals surface area contributed by atoms with Gasteiger partial charge in [-0.3, -0.25) is 0 Å².